The fraction of sp³-hybridized carbons (Fsp3) is 0.333. The average Bonchev–Trinajstić information content (AvgIpc) is 2.98. The van der Waals surface area contributed by atoms with E-state index in [1.165, 1.54) is 6.07 Å². The lowest BCUT2D eigenvalue weighted by atomic mass is 9.95. The number of halogens is 9. The van der Waals surface area contributed by atoms with Crippen molar-refractivity contribution in [3.63, 3.8) is 0 Å². The van der Waals surface area contributed by atoms with Gasteiger partial charge in [-0.1, -0.05) is 23.2 Å². The summed E-state index contributed by atoms with van der Waals surface area (Å²) in [5.41, 5.74) is 0.604. The maximum absolute atomic E-state index is 13.8. The van der Waals surface area contributed by atoms with Crippen LogP contribution in [0.15, 0.2) is 12.1 Å². The summed E-state index contributed by atoms with van der Waals surface area (Å²) in [5.74, 6) is -5.42. The van der Waals surface area contributed by atoms with E-state index in [4.69, 9.17) is 28.9 Å². The molecular weight excluding hydrogens is 456 g/mol. The van der Waals surface area contributed by atoms with Crippen LogP contribution in [0, 0.1) is 11.3 Å². The molecule has 1 atom stereocenters. The molecule has 0 saturated heterocycles. The predicted molar refractivity (Wildman–Crippen MR) is 86.6 cm³/mol. The van der Waals surface area contributed by atoms with Crippen molar-refractivity contribution in [1.29, 1.82) is 5.26 Å². The summed E-state index contributed by atoms with van der Waals surface area (Å²) >= 11 is 11.8. The van der Waals surface area contributed by atoms with E-state index in [1.54, 1.807) is 0 Å². The van der Waals surface area contributed by atoms with E-state index in [9.17, 15) is 36.0 Å². The Labute approximate surface area is 167 Å². The Bertz CT molecular complexity index is 1010. The first kappa shape index (κ1) is 21.3. The molecule has 1 fully saturated rings. The van der Waals surface area contributed by atoms with Gasteiger partial charge in [-0.05, 0) is 0 Å². The van der Waals surface area contributed by atoms with Crippen molar-refractivity contribution in [3.05, 3.63) is 33.4 Å². The number of nitriles is 1. The summed E-state index contributed by atoms with van der Waals surface area (Å²) in [5, 5.41) is 11.7. The van der Waals surface area contributed by atoms with E-state index in [0.717, 1.165) is 0 Å². The standard InChI is InChI=1S/C15H7Cl2F7N4O/c16-6-1-5(29-15(22,23)24)2-7(17)10(6)28-11(26)9(8(3-25)27-28)13(12(18)19)4-14(13,20)21/h1-2,12H,4,26H2. The molecular formula is C15H7Cl2F7N4O. The topological polar surface area (TPSA) is 76.9 Å². The number of aromatic nitrogens is 2. The predicted octanol–water partition coefficient (Wildman–Crippen LogP) is 5.07. The largest absolute Gasteiger partial charge is 0.573 e. The summed E-state index contributed by atoms with van der Waals surface area (Å²) < 4.78 is 95.9. The number of nitrogens with two attached hydrogens (primary N) is 1. The molecule has 1 unspecified atom stereocenters. The lowest BCUT2D eigenvalue weighted by molar-refractivity contribution is -0.274. The molecule has 2 N–H and O–H groups in total. The zero-order chi connectivity index (χ0) is 21.9. The number of alkyl halides is 7. The summed E-state index contributed by atoms with van der Waals surface area (Å²) in [6.45, 7) is 0. The molecule has 156 valence electrons. The Kier molecular flexibility index (Phi) is 4.83. The summed E-state index contributed by atoms with van der Waals surface area (Å²) in [7, 11) is 0. The number of anilines is 1. The van der Waals surface area contributed by atoms with Gasteiger partial charge in [0.05, 0.1) is 15.6 Å². The van der Waals surface area contributed by atoms with Crippen LogP contribution >= 0.6 is 23.2 Å². The minimum atomic E-state index is -5.05. The Balaban J connectivity index is 2.18. The highest BCUT2D eigenvalue weighted by atomic mass is 35.5. The maximum Gasteiger partial charge on any atom is 0.573 e. The van der Waals surface area contributed by atoms with Crippen molar-refractivity contribution < 1.29 is 35.5 Å². The lowest BCUT2D eigenvalue weighted by Gasteiger charge is -2.16. The minimum absolute atomic E-state index is 0.406. The Hall–Kier alpha value is -2.39. The van der Waals surface area contributed by atoms with Crippen LogP contribution in [0.5, 0.6) is 5.75 Å². The van der Waals surface area contributed by atoms with Crippen molar-refractivity contribution >= 4 is 29.0 Å². The first-order chi connectivity index (χ1) is 13.2. The summed E-state index contributed by atoms with van der Waals surface area (Å²) in [6.07, 6.45) is -9.89. The number of hydrogen-bond donors (Lipinski definition) is 1. The molecule has 1 heterocycles. The van der Waals surface area contributed by atoms with Crippen LogP contribution in [0.1, 0.15) is 17.7 Å². The Morgan fingerprint density at radius 3 is 2.14 bits per heavy atom. The molecule has 1 aliphatic rings. The molecule has 29 heavy (non-hydrogen) atoms. The highest BCUT2D eigenvalue weighted by Crippen LogP contribution is 2.66. The van der Waals surface area contributed by atoms with Gasteiger partial charge in [0, 0.05) is 18.6 Å². The first-order valence-electron chi connectivity index (χ1n) is 7.45. The van der Waals surface area contributed by atoms with Gasteiger partial charge in [-0.3, -0.25) is 0 Å². The molecule has 0 aliphatic heterocycles. The third-order valence-corrected chi connectivity index (χ3v) is 4.89. The number of benzene rings is 1. The van der Waals surface area contributed by atoms with E-state index in [2.05, 4.69) is 9.84 Å². The first-order valence-corrected chi connectivity index (χ1v) is 8.21. The highest BCUT2D eigenvalue weighted by molar-refractivity contribution is 6.38. The van der Waals surface area contributed by atoms with E-state index < -0.39 is 69.1 Å². The van der Waals surface area contributed by atoms with Crippen LogP contribution in [-0.4, -0.2) is 28.5 Å². The van der Waals surface area contributed by atoms with Gasteiger partial charge < -0.3 is 10.5 Å². The molecule has 5 nitrogen and oxygen atoms in total. The molecule has 1 aliphatic carbocycles. The van der Waals surface area contributed by atoms with Gasteiger partial charge in [0.1, 0.15) is 28.7 Å². The van der Waals surface area contributed by atoms with Gasteiger partial charge in [-0.15, -0.1) is 13.2 Å². The molecule has 1 aromatic heterocycles. The third kappa shape index (κ3) is 3.32. The van der Waals surface area contributed by atoms with Gasteiger partial charge in [0.15, 0.2) is 5.69 Å². The Morgan fingerprint density at radius 2 is 1.76 bits per heavy atom. The maximum atomic E-state index is 13.8. The quantitative estimate of drug-likeness (QED) is 0.643. The van der Waals surface area contributed by atoms with Crippen LogP contribution in [-0.2, 0) is 5.41 Å². The van der Waals surface area contributed by atoms with Crippen molar-refractivity contribution in [3.8, 4) is 17.5 Å². The van der Waals surface area contributed by atoms with E-state index in [-0.39, 0.29) is 0 Å². The van der Waals surface area contributed by atoms with Gasteiger partial charge >= 0.3 is 6.36 Å². The highest BCUT2D eigenvalue weighted by Gasteiger charge is 2.79. The fourth-order valence-electron chi connectivity index (χ4n) is 2.98. The van der Waals surface area contributed by atoms with Crippen molar-refractivity contribution in [2.45, 2.75) is 30.5 Å². The molecule has 0 amide bonds. The molecule has 1 saturated carbocycles. The number of nitrogens with zero attached hydrogens (tertiary/aromatic N) is 3. The molecule has 0 bridgehead atoms. The summed E-state index contributed by atoms with van der Waals surface area (Å²) in [6, 6.07) is 2.77. The summed E-state index contributed by atoms with van der Waals surface area (Å²) in [4.78, 5) is 0. The van der Waals surface area contributed by atoms with Crippen LogP contribution in [0.3, 0.4) is 0 Å². The van der Waals surface area contributed by atoms with Crippen molar-refractivity contribution in [2.75, 3.05) is 5.73 Å². The number of nitrogen functional groups attached to an aromatic ring is 1. The van der Waals surface area contributed by atoms with Gasteiger partial charge in [0.25, 0.3) is 12.3 Å². The number of rotatable bonds is 4. The van der Waals surface area contributed by atoms with Gasteiger partial charge in [0.2, 0.25) is 0 Å². The number of ether oxygens (including phenoxy) is 1. The van der Waals surface area contributed by atoms with E-state index >= 15 is 0 Å². The lowest BCUT2D eigenvalue weighted by Crippen LogP contribution is -2.27. The van der Waals surface area contributed by atoms with E-state index in [0.29, 0.717) is 16.8 Å². The SMILES string of the molecule is N#Cc1nn(-c2c(Cl)cc(OC(F)(F)F)cc2Cl)c(N)c1C1(C(F)F)CC1(F)F. The molecule has 0 spiro atoms. The Morgan fingerprint density at radius 1 is 1.24 bits per heavy atom. The van der Waals surface area contributed by atoms with E-state index in [1.807, 2.05) is 0 Å². The molecule has 0 radical (unpaired) electrons. The molecule has 14 heteroatoms. The van der Waals surface area contributed by atoms with Crippen molar-refractivity contribution in [1.82, 2.24) is 9.78 Å². The monoisotopic (exact) mass is 462 g/mol. The second-order valence-electron chi connectivity index (χ2n) is 6.07. The van der Waals surface area contributed by atoms with Crippen LogP contribution in [0.25, 0.3) is 5.69 Å². The van der Waals surface area contributed by atoms with Gasteiger partial charge in [-0.25, -0.2) is 22.2 Å². The van der Waals surface area contributed by atoms with Crippen LogP contribution in [0.2, 0.25) is 10.0 Å². The fourth-order valence-corrected chi connectivity index (χ4v) is 3.61. The number of hydrogen-bond acceptors (Lipinski definition) is 4. The average molecular weight is 463 g/mol. The minimum Gasteiger partial charge on any atom is -0.406 e. The van der Waals surface area contributed by atoms with Crippen LogP contribution < -0.4 is 10.5 Å². The smallest absolute Gasteiger partial charge is 0.406 e. The molecule has 1 aromatic carbocycles. The third-order valence-electron chi connectivity index (χ3n) is 4.31. The second kappa shape index (κ2) is 6.56. The second-order valence-corrected chi connectivity index (χ2v) is 6.88. The molecule has 3 rings (SSSR count). The zero-order valence-electron chi connectivity index (χ0n) is 13.7. The van der Waals surface area contributed by atoms with Gasteiger partial charge in [-0.2, -0.15) is 10.4 Å². The van der Waals surface area contributed by atoms with Crippen LogP contribution in [0.4, 0.5) is 36.6 Å². The normalized spacial score (nSPS) is 20.6. The zero-order valence-corrected chi connectivity index (χ0v) is 15.2. The molecule has 2 aromatic rings. The van der Waals surface area contributed by atoms with Crippen molar-refractivity contribution in [2.24, 2.45) is 0 Å².